The summed E-state index contributed by atoms with van der Waals surface area (Å²) in [6.45, 7) is 2.70. The molecule has 5 aromatic carbocycles. The van der Waals surface area contributed by atoms with Crippen LogP contribution in [0.1, 0.15) is 65.5 Å². The lowest BCUT2D eigenvalue weighted by atomic mass is 9.98. The molecule has 1 aromatic heterocycles. The number of rotatable bonds is 13. The van der Waals surface area contributed by atoms with Crippen LogP contribution in [0.25, 0.3) is 22.2 Å². The number of H-pyrrole nitrogens is 1. The second kappa shape index (κ2) is 18.9. The van der Waals surface area contributed by atoms with Gasteiger partial charge in [-0.1, -0.05) is 109 Å². The van der Waals surface area contributed by atoms with Crippen LogP contribution in [0.3, 0.4) is 0 Å². The number of fused-ring (bicyclic) bond motifs is 1. The van der Waals surface area contributed by atoms with E-state index in [2.05, 4.69) is 32.7 Å². The molecule has 4 N–H and O–H groups in total. The molecule has 2 aliphatic rings. The second-order valence-corrected chi connectivity index (χ2v) is 15.6. The first-order valence-electron chi connectivity index (χ1n) is 20.6. The summed E-state index contributed by atoms with van der Waals surface area (Å²) in [4.78, 5) is 43.7. The summed E-state index contributed by atoms with van der Waals surface area (Å²) in [5.41, 5.74) is 8.36. The molecule has 0 aliphatic carbocycles. The molecule has 3 heterocycles. The smallest absolute Gasteiger partial charge is 0.328 e. The van der Waals surface area contributed by atoms with Gasteiger partial charge in [0.2, 0.25) is 0 Å². The molecule has 310 valence electrons. The molecule has 4 atom stereocenters. The summed E-state index contributed by atoms with van der Waals surface area (Å²) >= 11 is 0. The quantitative estimate of drug-likeness (QED) is 0.0917. The molecule has 0 saturated carbocycles. The van der Waals surface area contributed by atoms with Crippen LogP contribution in [0.15, 0.2) is 132 Å². The number of urea groups is 1. The number of methoxy groups -OCH3 is 1. The molecule has 2 fully saturated rings. The van der Waals surface area contributed by atoms with Gasteiger partial charge in [-0.2, -0.15) is 0 Å². The van der Waals surface area contributed by atoms with E-state index >= 15 is 0 Å². The fourth-order valence-electron chi connectivity index (χ4n) is 8.39. The number of hydrogen-bond donors (Lipinski definition) is 4. The molecular formula is C48H51N5O7. The van der Waals surface area contributed by atoms with Crippen molar-refractivity contribution >= 4 is 23.0 Å². The van der Waals surface area contributed by atoms with Crippen LogP contribution in [-0.4, -0.2) is 70.4 Å². The van der Waals surface area contributed by atoms with E-state index in [1.165, 1.54) is 7.11 Å². The number of aromatic nitrogens is 2. The fourth-order valence-corrected chi connectivity index (χ4v) is 8.39. The number of imidazole rings is 1. The molecule has 0 spiro atoms. The number of carbonyl (C=O) groups excluding carboxylic acids is 2. The second-order valence-electron chi connectivity index (χ2n) is 15.6. The van der Waals surface area contributed by atoms with Crippen LogP contribution in [0, 0.1) is 0 Å². The lowest BCUT2D eigenvalue weighted by Gasteiger charge is -2.40. The maximum Gasteiger partial charge on any atom is 0.328 e. The molecule has 0 bridgehead atoms. The molecule has 12 heteroatoms. The number of benzene rings is 5. The SMILES string of the molecule is COC(=O)[C@H](Cc1ccccc1)NC(=O)NCc1cccc(-c2ccc([C@@H]3O[C@H](CN4CCC(n5c(=O)[nH]c6ccccc65)CC4)C[C@H](c4ccc(CO)cc4)O3)cc2)c1. The van der Waals surface area contributed by atoms with E-state index in [1.807, 2.05) is 120 Å². The van der Waals surface area contributed by atoms with Gasteiger partial charge in [0.05, 0.1) is 37.0 Å². The Hall–Kier alpha value is -6.05. The van der Waals surface area contributed by atoms with Crippen LogP contribution in [-0.2, 0) is 38.6 Å². The van der Waals surface area contributed by atoms with Crippen molar-refractivity contribution in [2.45, 2.75) is 69.4 Å². The highest BCUT2D eigenvalue weighted by Crippen LogP contribution is 2.39. The Bertz CT molecular complexity index is 2420. The number of piperidine rings is 1. The molecule has 2 amide bonds. The highest BCUT2D eigenvalue weighted by atomic mass is 16.7. The van der Waals surface area contributed by atoms with E-state index in [0.29, 0.717) is 12.8 Å². The van der Waals surface area contributed by atoms with Crippen molar-refractivity contribution in [1.82, 2.24) is 25.1 Å². The molecular weight excluding hydrogens is 759 g/mol. The number of nitrogens with one attached hydrogen (secondary N) is 3. The van der Waals surface area contributed by atoms with Crippen molar-refractivity contribution in [3.05, 3.63) is 166 Å². The van der Waals surface area contributed by atoms with Crippen molar-refractivity contribution < 1.29 is 28.9 Å². The summed E-state index contributed by atoms with van der Waals surface area (Å²) in [6.07, 6.45) is 1.86. The summed E-state index contributed by atoms with van der Waals surface area (Å²) in [5, 5.41) is 15.3. The van der Waals surface area contributed by atoms with Gasteiger partial charge < -0.3 is 39.8 Å². The Morgan fingerprint density at radius 3 is 2.28 bits per heavy atom. The molecule has 0 radical (unpaired) electrons. The van der Waals surface area contributed by atoms with Gasteiger partial charge in [-0.15, -0.1) is 0 Å². The Morgan fingerprint density at radius 2 is 1.53 bits per heavy atom. The minimum absolute atomic E-state index is 0.0193. The summed E-state index contributed by atoms with van der Waals surface area (Å²) in [7, 11) is 1.31. The number of aliphatic hydroxyl groups excluding tert-OH is 1. The van der Waals surface area contributed by atoms with Gasteiger partial charge >= 0.3 is 17.7 Å². The highest BCUT2D eigenvalue weighted by molar-refractivity contribution is 5.83. The number of esters is 1. The summed E-state index contributed by atoms with van der Waals surface area (Å²) in [6, 6.07) is 40.3. The number of nitrogens with zero attached hydrogens (tertiary/aromatic N) is 2. The third-order valence-corrected chi connectivity index (χ3v) is 11.6. The number of aromatic amines is 1. The monoisotopic (exact) mass is 809 g/mol. The Kier molecular flexibility index (Phi) is 12.8. The van der Waals surface area contributed by atoms with Crippen LogP contribution in [0.2, 0.25) is 0 Å². The number of aliphatic hydroxyl groups is 1. The van der Waals surface area contributed by atoms with Gasteiger partial charge in [0, 0.05) is 50.6 Å². The minimum atomic E-state index is -0.820. The third-order valence-electron chi connectivity index (χ3n) is 11.6. The van der Waals surface area contributed by atoms with E-state index < -0.39 is 24.3 Å². The summed E-state index contributed by atoms with van der Waals surface area (Å²) in [5.74, 6) is -0.510. The number of carbonyl (C=O) groups is 2. The van der Waals surface area contributed by atoms with Gasteiger partial charge in [-0.05, 0) is 64.4 Å². The van der Waals surface area contributed by atoms with Gasteiger partial charge in [0.1, 0.15) is 6.04 Å². The van der Waals surface area contributed by atoms with Crippen molar-refractivity contribution in [2.24, 2.45) is 0 Å². The van der Waals surface area contributed by atoms with E-state index in [9.17, 15) is 19.5 Å². The zero-order valence-electron chi connectivity index (χ0n) is 33.7. The number of ether oxygens (including phenoxy) is 3. The first-order chi connectivity index (χ1) is 29.3. The Morgan fingerprint density at radius 1 is 0.817 bits per heavy atom. The van der Waals surface area contributed by atoms with E-state index in [-0.39, 0.29) is 37.1 Å². The number of likely N-dealkylation sites (tertiary alicyclic amines) is 1. The number of hydrogen-bond acceptors (Lipinski definition) is 8. The Balaban J connectivity index is 0.914. The van der Waals surface area contributed by atoms with Crippen molar-refractivity contribution in [3.63, 3.8) is 0 Å². The average Bonchev–Trinajstić information content (AvgIpc) is 3.64. The molecule has 0 unspecified atom stereocenters. The molecule has 6 aromatic rings. The first-order valence-corrected chi connectivity index (χ1v) is 20.6. The van der Waals surface area contributed by atoms with E-state index in [0.717, 1.165) is 82.5 Å². The first kappa shape index (κ1) is 40.7. The van der Waals surface area contributed by atoms with Gasteiger partial charge in [0.15, 0.2) is 6.29 Å². The van der Waals surface area contributed by atoms with Gasteiger partial charge in [0.25, 0.3) is 0 Å². The zero-order valence-corrected chi connectivity index (χ0v) is 33.7. The molecule has 12 nitrogen and oxygen atoms in total. The maximum absolute atomic E-state index is 12.9. The van der Waals surface area contributed by atoms with Crippen LogP contribution >= 0.6 is 0 Å². The highest BCUT2D eigenvalue weighted by Gasteiger charge is 2.34. The zero-order chi connectivity index (χ0) is 41.4. The van der Waals surface area contributed by atoms with Crippen molar-refractivity contribution in [3.8, 4) is 11.1 Å². The Labute approximate surface area is 349 Å². The summed E-state index contributed by atoms with van der Waals surface area (Å²) < 4.78 is 20.2. The van der Waals surface area contributed by atoms with Crippen molar-refractivity contribution in [2.75, 3.05) is 26.7 Å². The van der Waals surface area contributed by atoms with Crippen LogP contribution in [0.4, 0.5) is 4.79 Å². The number of para-hydroxylation sites is 2. The lowest BCUT2D eigenvalue weighted by molar-refractivity contribution is -0.253. The molecule has 8 rings (SSSR count). The molecule has 2 saturated heterocycles. The van der Waals surface area contributed by atoms with Gasteiger partial charge in [-0.3, -0.25) is 4.57 Å². The van der Waals surface area contributed by atoms with E-state index in [4.69, 9.17) is 14.2 Å². The fraction of sp³-hybridized carbons (Fsp3) is 0.312. The normalized spacial score (nSPS) is 19.1. The van der Waals surface area contributed by atoms with Crippen LogP contribution < -0.4 is 16.3 Å². The van der Waals surface area contributed by atoms with Crippen LogP contribution in [0.5, 0.6) is 0 Å². The lowest BCUT2D eigenvalue weighted by Crippen LogP contribution is -2.47. The molecule has 2 aliphatic heterocycles. The predicted molar refractivity (Wildman–Crippen MR) is 229 cm³/mol. The largest absolute Gasteiger partial charge is 0.467 e. The molecule has 60 heavy (non-hydrogen) atoms. The average molecular weight is 810 g/mol. The van der Waals surface area contributed by atoms with E-state index in [1.54, 1.807) is 0 Å². The topological polar surface area (TPSA) is 147 Å². The minimum Gasteiger partial charge on any atom is -0.467 e. The standard InChI is InChI=1S/C48H51N5O7/c1-58-45(55)42(27-32-8-3-2-4-9-32)50-47(56)49-29-34-10-7-11-38(26-34)35-18-20-37(21-19-35)46-59-40(28-44(60-46)36-16-14-33(31-54)15-17-36)30-52-24-22-39(23-25-52)53-43-13-6-5-12-41(43)51-48(53)57/h2-21,26,39-40,42,44,46,54H,22-25,27-31H2,1H3,(H,51,57)(H2,49,50,56)/t40-,42-,44+,46+/m0/s1. The van der Waals surface area contributed by atoms with Crippen molar-refractivity contribution in [1.29, 1.82) is 0 Å². The van der Waals surface area contributed by atoms with Gasteiger partial charge in [-0.25, -0.2) is 14.4 Å². The number of amides is 2. The predicted octanol–water partition coefficient (Wildman–Crippen LogP) is 6.95. The maximum atomic E-state index is 12.9. The third kappa shape index (κ3) is 9.69.